The first kappa shape index (κ1) is 13.5. The first-order chi connectivity index (χ1) is 10.2. The van der Waals surface area contributed by atoms with E-state index in [1.165, 1.54) is 0 Å². The van der Waals surface area contributed by atoms with Gasteiger partial charge < -0.3 is 14.8 Å². The van der Waals surface area contributed by atoms with Crippen molar-refractivity contribution in [3.63, 3.8) is 0 Å². The Balaban J connectivity index is 1.94. The van der Waals surface area contributed by atoms with E-state index >= 15 is 0 Å². The van der Waals surface area contributed by atoms with E-state index in [2.05, 4.69) is 5.32 Å². The highest BCUT2D eigenvalue weighted by atomic mass is 16.5. The summed E-state index contributed by atoms with van der Waals surface area (Å²) in [5.74, 6) is 1.51. The van der Waals surface area contributed by atoms with E-state index in [1.54, 1.807) is 14.2 Å². The van der Waals surface area contributed by atoms with Gasteiger partial charge in [0.1, 0.15) is 0 Å². The molecule has 0 spiro atoms. The lowest BCUT2D eigenvalue weighted by Crippen LogP contribution is -2.22. The fourth-order valence-electron chi connectivity index (χ4n) is 2.66. The average Bonchev–Trinajstić information content (AvgIpc) is 2.54. The quantitative estimate of drug-likeness (QED) is 0.937. The molecule has 0 aromatic heterocycles. The number of hydrogen-bond acceptors (Lipinski definition) is 4. The van der Waals surface area contributed by atoms with E-state index in [0.29, 0.717) is 17.9 Å². The number of benzene rings is 2. The number of methoxy groups -OCH3 is 2. The summed E-state index contributed by atoms with van der Waals surface area (Å²) in [4.78, 5) is 12.3. The SMILES string of the molecule is COc1ccc([C@@H]2CC(=O)c3ccccc3N2)cc1OC. The van der Waals surface area contributed by atoms with Crippen LogP contribution in [0.5, 0.6) is 11.5 Å². The summed E-state index contributed by atoms with van der Waals surface area (Å²) in [6.07, 6.45) is 0.437. The summed E-state index contributed by atoms with van der Waals surface area (Å²) in [5, 5.41) is 3.42. The second-order valence-corrected chi connectivity index (χ2v) is 4.98. The van der Waals surface area contributed by atoms with Crippen LogP contribution in [-0.2, 0) is 0 Å². The van der Waals surface area contributed by atoms with E-state index in [1.807, 2.05) is 42.5 Å². The molecule has 21 heavy (non-hydrogen) atoms. The Bertz CT molecular complexity index is 681. The zero-order chi connectivity index (χ0) is 14.8. The second kappa shape index (κ2) is 5.48. The topological polar surface area (TPSA) is 47.6 Å². The Hall–Kier alpha value is -2.49. The van der Waals surface area contributed by atoms with Crippen molar-refractivity contribution in [1.29, 1.82) is 0 Å². The number of fused-ring (bicyclic) bond motifs is 1. The van der Waals surface area contributed by atoms with Crippen LogP contribution in [0, 0.1) is 0 Å². The molecule has 1 heterocycles. The largest absolute Gasteiger partial charge is 0.493 e. The van der Waals surface area contributed by atoms with Crippen molar-refractivity contribution in [1.82, 2.24) is 0 Å². The van der Waals surface area contributed by atoms with Crippen molar-refractivity contribution in [3.8, 4) is 11.5 Å². The van der Waals surface area contributed by atoms with Gasteiger partial charge in [0.05, 0.1) is 20.3 Å². The smallest absolute Gasteiger partial charge is 0.167 e. The van der Waals surface area contributed by atoms with Crippen LogP contribution < -0.4 is 14.8 Å². The molecule has 0 unspecified atom stereocenters. The molecule has 0 amide bonds. The summed E-state index contributed by atoms with van der Waals surface area (Å²) in [7, 11) is 3.21. The van der Waals surface area contributed by atoms with Gasteiger partial charge in [-0.1, -0.05) is 18.2 Å². The molecule has 1 atom stereocenters. The molecule has 0 radical (unpaired) electrons. The summed E-state index contributed by atoms with van der Waals surface area (Å²) in [5.41, 5.74) is 2.65. The lowest BCUT2D eigenvalue weighted by molar-refractivity contribution is 0.0972. The minimum absolute atomic E-state index is 0.0489. The number of nitrogens with one attached hydrogen (secondary N) is 1. The van der Waals surface area contributed by atoms with Crippen LogP contribution >= 0.6 is 0 Å². The van der Waals surface area contributed by atoms with Crippen molar-refractivity contribution >= 4 is 11.5 Å². The molecule has 2 aromatic rings. The first-order valence-electron chi connectivity index (χ1n) is 6.83. The maximum atomic E-state index is 12.3. The van der Waals surface area contributed by atoms with Gasteiger partial charge >= 0.3 is 0 Å². The van der Waals surface area contributed by atoms with E-state index in [0.717, 1.165) is 16.8 Å². The Morgan fingerprint density at radius 1 is 1.05 bits per heavy atom. The molecule has 4 nitrogen and oxygen atoms in total. The highest BCUT2D eigenvalue weighted by molar-refractivity contribution is 6.03. The highest BCUT2D eigenvalue weighted by Crippen LogP contribution is 2.36. The molecule has 1 aliphatic rings. The zero-order valence-electron chi connectivity index (χ0n) is 12.1. The Morgan fingerprint density at radius 2 is 1.81 bits per heavy atom. The third kappa shape index (κ3) is 2.44. The predicted molar refractivity (Wildman–Crippen MR) is 81.3 cm³/mol. The third-order valence-electron chi connectivity index (χ3n) is 3.76. The van der Waals surface area contributed by atoms with Crippen LogP contribution in [0.4, 0.5) is 5.69 Å². The molecule has 3 rings (SSSR count). The molecule has 0 bridgehead atoms. The minimum Gasteiger partial charge on any atom is -0.493 e. The highest BCUT2D eigenvalue weighted by Gasteiger charge is 2.25. The van der Waals surface area contributed by atoms with Gasteiger partial charge in [-0.05, 0) is 29.8 Å². The number of hydrogen-bond donors (Lipinski definition) is 1. The summed E-state index contributed by atoms with van der Waals surface area (Å²) in [6, 6.07) is 13.3. The molecule has 0 aliphatic carbocycles. The van der Waals surface area contributed by atoms with E-state index in [4.69, 9.17) is 9.47 Å². The van der Waals surface area contributed by atoms with Gasteiger partial charge in [-0.25, -0.2) is 0 Å². The summed E-state index contributed by atoms with van der Waals surface area (Å²) in [6.45, 7) is 0. The van der Waals surface area contributed by atoms with Crippen molar-refractivity contribution in [2.45, 2.75) is 12.5 Å². The van der Waals surface area contributed by atoms with Crippen molar-refractivity contribution < 1.29 is 14.3 Å². The molecule has 4 heteroatoms. The molecular weight excluding hydrogens is 266 g/mol. The number of rotatable bonds is 3. The van der Waals surface area contributed by atoms with E-state index in [-0.39, 0.29) is 11.8 Å². The Morgan fingerprint density at radius 3 is 2.57 bits per heavy atom. The summed E-state index contributed by atoms with van der Waals surface area (Å²) >= 11 is 0. The number of ether oxygens (including phenoxy) is 2. The first-order valence-corrected chi connectivity index (χ1v) is 6.83. The van der Waals surface area contributed by atoms with Gasteiger partial charge in [0.25, 0.3) is 0 Å². The van der Waals surface area contributed by atoms with Crippen LogP contribution in [0.1, 0.15) is 28.4 Å². The minimum atomic E-state index is -0.0489. The van der Waals surface area contributed by atoms with E-state index < -0.39 is 0 Å². The second-order valence-electron chi connectivity index (χ2n) is 4.98. The van der Waals surface area contributed by atoms with Crippen LogP contribution in [0.25, 0.3) is 0 Å². The van der Waals surface area contributed by atoms with Gasteiger partial charge in [-0.3, -0.25) is 4.79 Å². The monoisotopic (exact) mass is 283 g/mol. The molecule has 0 saturated carbocycles. The fraction of sp³-hybridized carbons (Fsp3) is 0.235. The van der Waals surface area contributed by atoms with Crippen LogP contribution in [0.3, 0.4) is 0 Å². The number of anilines is 1. The molecule has 0 saturated heterocycles. The van der Waals surface area contributed by atoms with Gasteiger partial charge in [-0.2, -0.15) is 0 Å². The number of ketones is 1. The molecule has 108 valence electrons. The number of para-hydroxylation sites is 1. The van der Waals surface area contributed by atoms with Crippen molar-refractivity contribution in [2.24, 2.45) is 0 Å². The third-order valence-corrected chi connectivity index (χ3v) is 3.76. The van der Waals surface area contributed by atoms with Gasteiger partial charge in [0, 0.05) is 17.7 Å². The van der Waals surface area contributed by atoms with Crippen LogP contribution in [-0.4, -0.2) is 20.0 Å². The Kier molecular flexibility index (Phi) is 3.52. The lowest BCUT2D eigenvalue weighted by atomic mass is 9.92. The molecule has 2 aromatic carbocycles. The molecule has 1 N–H and O–H groups in total. The molecule has 0 fully saturated rings. The number of Topliss-reactive ketones (excluding diaryl/α,β-unsaturated/α-hetero) is 1. The van der Waals surface area contributed by atoms with Crippen molar-refractivity contribution in [3.05, 3.63) is 53.6 Å². The van der Waals surface area contributed by atoms with Crippen LogP contribution in [0.2, 0.25) is 0 Å². The lowest BCUT2D eigenvalue weighted by Gasteiger charge is -2.26. The van der Waals surface area contributed by atoms with Gasteiger partial charge in [0.2, 0.25) is 0 Å². The normalized spacial score (nSPS) is 16.9. The van der Waals surface area contributed by atoms with Crippen LogP contribution in [0.15, 0.2) is 42.5 Å². The number of carbonyl (C=O) groups excluding carboxylic acids is 1. The summed E-state index contributed by atoms with van der Waals surface area (Å²) < 4.78 is 10.6. The number of carbonyl (C=O) groups is 1. The maximum Gasteiger partial charge on any atom is 0.167 e. The standard InChI is InChI=1S/C17H17NO3/c1-20-16-8-7-11(9-17(16)21-2)14-10-15(19)12-5-3-4-6-13(12)18-14/h3-9,14,18H,10H2,1-2H3/t14-/m0/s1. The van der Waals surface area contributed by atoms with Gasteiger partial charge in [-0.15, -0.1) is 0 Å². The Labute approximate surface area is 123 Å². The van der Waals surface area contributed by atoms with Crippen molar-refractivity contribution in [2.75, 3.05) is 19.5 Å². The fourth-order valence-corrected chi connectivity index (χ4v) is 2.66. The maximum absolute atomic E-state index is 12.3. The van der Waals surface area contributed by atoms with E-state index in [9.17, 15) is 4.79 Å². The predicted octanol–water partition coefficient (Wildman–Crippen LogP) is 3.44. The average molecular weight is 283 g/mol. The van der Waals surface area contributed by atoms with Gasteiger partial charge in [0.15, 0.2) is 17.3 Å². The zero-order valence-corrected chi connectivity index (χ0v) is 12.1. The molecule has 1 aliphatic heterocycles. The molecular formula is C17H17NO3.